The van der Waals surface area contributed by atoms with E-state index < -0.39 is 0 Å². The second kappa shape index (κ2) is 10.6. The van der Waals surface area contributed by atoms with Gasteiger partial charge in [-0.1, -0.05) is 35.3 Å². The monoisotopic (exact) mass is 462 g/mol. The average Bonchev–Trinajstić information content (AvgIpc) is 2.75. The fourth-order valence-electron chi connectivity index (χ4n) is 3.33. The molecule has 0 unspecified atom stereocenters. The largest absolute Gasteiger partial charge is 0.484 e. The number of ether oxygens (including phenoxy) is 1. The number of hydrogen-bond acceptors (Lipinski definition) is 4. The van der Waals surface area contributed by atoms with Crippen molar-refractivity contribution < 1.29 is 19.1 Å². The van der Waals surface area contributed by atoms with E-state index in [1.54, 1.807) is 47.1 Å². The number of carbonyl (C=O) groups excluding carboxylic acids is 3. The molecule has 2 amide bonds. The summed E-state index contributed by atoms with van der Waals surface area (Å²) in [6.45, 7) is 3.24. The zero-order valence-electron chi connectivity index (χ0n) is 17.3. The third-order valence-corrected chi connectivity index (χ3v) is 5.52. The minimum atomic E-state index is -0.155. The van der Waals surface area contributed by atoms with Crippen molar-refractivity contribution in [2.75, 3.05) is 32.8 Å². The molecule has 0 aromatic heterocycles. The second-order valence-corrected chi connectivity index (χ2v) is 8.34. The Morgan fingerprint density at radius 1 is 0.903 bits per heavy atom. The molecule has 1 aliphatic rings. The summed E-state index contributed by atoms with van der Waals surface area (Å²) >= 11 is 12.0. The summed E-state index contributed by atoms with van der Waals surface area (Å²) in [5, 5.41) is 0.822. The van der Waals surface area contributed by atoms with E-state index in [2.05, 4.69) is 0 Å². The fourth-order valence-corrected chi connectivity index (χ4v) is 3.85. The number of Topliss-reactive ketones (excluding diaryl/α,β-unsaturated/α-hetero) is 1. The molecule has 0 aliphatic carbocycles. The first-order valence-electron chi connectivity index (χ1n) is 10.1. The van der Waals surface area contributed by atoms with E-state index >= 15 is 0 Å². The first-order chi connectivity index (χ1) is 14.8. The van der Waals surface area contributed by atoms with Gasteiger partial charge in [-0.2, -0.15) is 0 Å². The Bertz CT molecular complexity index is 934. The van der Waals surface area contributed by atoms with Crippen molar-refractivity contribution in [1.29, 1.82) is 0 Å². The van der Waals surface area contributed by atoms with E-state index in [9.17, 15) is 14.4 Å². The molecular formula is C23H24Cl2N2O4. The third kappa shape index (κ3) is 6.71. The summed E-state index contributed by atoms with van der Waals surface area (Å²) in [5.74, 6) is 0.479. The van der Waals surface area contributed by atoms with Gasteiger partial charge in [0, 0.05) is 48.2 Å². The van der Waals surface area contributed by atoms with Crippen LogP contribution in [0.5, 0.6) is 5.75 Å². The summed E-state index contributed by atoms with van der Waals surface area (Å²) < 4.78 is 5.60. The molecule has 0 N–H and O–H groups in total. The van der Waals surface area contributed by atoms with Crippen LogP contribution in [0.4, 0.5) is 0 Å². The van der Waals surface area contributed by atoms with Gasteiger partial charge in [0.05, 0.1) is 0 Å². The molecule has 6 nitrogen and oxygen atoms in total. The van der Waals surface area contributed by atoms with Crippen LogP contribution in [0.2, 0.25) is 10.0 Å². The van der Waals surface area contributed by atoms with Gasteiger partial charge < -0.3 is 19.3 Å². The molecule has 2 aromatic rings. The lowest BCUT2D eigenvalue weighted by atomic mass is 10.1. The molecule has 0 radical (unpaired) electrons. The molecule has 1 saturated heterocycles. The normalized spacial score (nSPS) is 13.8. The van der Waals surface area contributed by atoms with E-state index in [-0.39, 0.29) is 24.2 Å². The Balaban J connectivity index is 1.45. The number of hydrogen-bond donors (Lipinski definition) is 0. The van der Waals surface area contributed by atoms with Crippen LogP contribution >= 0.6 is 23.2 Å². The molecule has 31 heavy (non-hydrogen) atoms. The standard InChI is InChI=1S/C23H24Cl2N2O4/c1-16(28)2-3-17-4-6-21(7-5-17)31-15-22(29)26-8-10-27(11-9-26)23(30)18-12-19(24)14-20(25)13-18/h4-7,12-14H,2-3,8-11,15H2,1H3. The van der Waals surface area contributed by atoms with Gasteiger partial charge in [-0.25, -0.2) is 0 Å². The van der Waals surface area contributed by atoms with Gasteiger partial charge in [0.1, 0.15) is 11.5 Å². The number of rotatable bonds is 7. The van der Waals surface area contributed by atoms with E-state index in [0.717, 1.165) is 5.56 Å². The zero-order chi connectivity index (χ0) is 22.4. The maximum atomic E-state index is 12.7. The van der Waals surface area contributed by atoms with Crippen molar-refractivity contribution in [3.8, 4) is 5.75 Å². The van der Waals surface area contributed by atoms with Crippen LogP contribution in [0.1, 0.15) is 29.3 Å². The van der Waals surface area contributed by atoms with Crippen LogP contribution < -0.4 is 4.74 Å². The summed E-state index contributed by atoms with van der Waals surface area (Å²) in [6.07, 6.45) is 1.20. The molecule has 0 atom stereocenters. The molecule has 2 aromatic carbocycles. The van der Waals surface area contributed by atoms with Crippen molar-refractivity contribution >= 4 is 40.8 Å². The van der Waals surface area contributed by atoms with E-state index in [1.807, 2.05) is 12.1 Å². The lowest BCUT2D eigenvalue weighted by molar-refractivity contribution is -0.134. The molecule has 1 aliphatic heterocycles. The highest BCUT2D eigenvalue weighted by atomic mass is 35.5. The predicted octanol–water partition coefficient (Wildman–Crippen LogP) is 3.88. The van der Waals surface area contributed by atoms with E-state index in [4.69, 9.17) is 27.9 Å². The van der Waals surface area contributed by atoms with Crippen molar-refractivity contribution in [2.45, 2.75) is 19.8 Å². The lowest BCUT2D eigenvalue weighted by Crippen LogP contribution is -2.51. The number of amides is 2. The van der Waals surface area contributed by atoms with Crippen molar-refractivity contribution in [3.05, 3.63) is 63.6 Å². The van der Waals surface area contributed by atoms with Crippen LogP contribution in [0, 0.1) is 0 Å². The second-order valence-electron chi connectivity index (χ2n) is 7.47. The Labute approximate surface area is 191 Å². The van der Waals surface area contributed by atoms with Crippen LogP contribution in [0.25, 0.3) is 0 Å². The maximum Gasteiger partial charge on any atom is 0.260 e. The molecular weight excluding hydrogens is 439 g/mol. The van der Waals surface area contributed by atoms with E-state index in [0.29, 0.717) is 60.4 Å². The Hall–Kier alpha value is -2.57. The number of aryl methyl sites for hydroxylation is 1. The Kier molecular flexibility index (Phi) is 7.93. The van der Waals surface area contributed by atoms with Crippen LogP contribution in [0.15, 0.2) is 42.5 Å². The highest BCUT2D eigenvalue weighted by Gasteiger charge is 2.25. The topological polar surface area (TPSA) is 66.9 Å². The van der Waals surface area contributed by atoms with Gasteiger partial charge in [-0.05, 0) is 49.2 Å². The molecule has 164 valence electrons. The third-order valence-electron chi connectivity index (χ3n) is 5.08. The molecule has 0 spiro atoms. The lowest BCUT2D eigenvalue weighted by Gasteiger charge is -2.34. The summed E-state index contributed by atoms with van der Waals surface area (Å²) in [4.78, 5) is 39.6. The summed E-state index contributed by atoms with van der Waals surface area (Å²) in [5.41, 5.74) is 1.49. The number of nitrogens with zero attached hydrogens (tertiary/aromatic N) is 2. The van der Waals surface area contributed by atoms with Crippen LogP contribution in [0.3, 0.4) is 0 Å². The Morgan fingerprint density at radius 3 is 2.06 bits per heavy atom. The summed E-state index contributed by atoms with van der Waals surface area (Å²) in [7, 11) is 0. The van der Waals surface area contributed by atoms with Crippen LogP contribution in [-0.4, -0.2) is 60.2 Å². The molecule has 1 fully saturated rings. The van der Waals surface area contributed by atoms with Gasteiger partial charge in [0.15, 0.2) is 6.61 Å². The number of ketones is 1. The molecule has 0 bridgehead atoms. The highest BCUT2D eigenvalue weighted by molar-refractivity contribution is 6.35. The highest BCUT2D eigenvalue weighted by Crippen LogP contribution is 2.21. The van der Waals surface area contributed by atoms with Gasteiger partial charge in [-0.15, -0.1) is 0 Å². The molecule has 1 heterocycles. The molecule has 0 saturated carbocycles. The number of carbonyl (C=O) groups is 3. The predicted molar refractivity (Wildman–Crippen MR) is 120 cm³/mol. The SMILES string of the molecule is CC(=O)CCc1ccc(OCC(=O)N2CCN(C(=O)c3cc(Cl)cc(Cl)c3)CC2)cc1. The number of piperazine rings is 1. The quantitative estimate of drug-likeness (QED) is 0.625. The zero-order valence-corrected chi connectivity index (χ0v) is 18.8. The molecule has 8 heteroatoms. The smallest absolute Gasteiger partial charge is 0.260 e. The van der Waals surface area contributed by atoms with Gasteiger partial charge >= 0.3 is 0 Å². The van der Waals surface area contributed by atoms with Crippen molar-refractivity contribution in [2.24, 2.45) is 0 Å². The first-order valence-corrected chi connectivity index (χ1v) is 10.8. The van der Waals surface area contributed by atoms with Gasteiger partial charge in [-0.3, -0.25) is 9.59 Å². The first kappa shape index (κ1) is 23.1. The van der Waals surface area contributed by atoms with Crippen LogP contribution in [-0.2, 0) is 16.0 Å². The molecule has 3 rings (SSSR count). The van der Waals surface area contributed by atoms with Gasteiger partial charge in [0.2, 0.25) is 0 Å². The summed E-state index contributed by atoms with van der Waals surface area (Å²) in [6, 6.07) is 12.2. The number of halogens is 2. The van der Waals surface area contributed by atoms with E-state index in [1.165, 1.54) is 0 Å². The minimum absolute atomic E-state index is 0.0648. The average molecular weight is 463 g/mol. The number of benzene rings is 2. The maximum absolute atomic E-state index is 12.7. The minimum Gasteiger partial charge on any atom is -0.484 e. The fraction of sp³-hybridized carbons (Fsp3) is 0.348. The Morgan fingerprint density at radius 2 is 1.48 bits per heavy atom. The van der Waals surface area contributed by atoms with Crippen molar-refractivity contribution in [1.82, 2.24) is 9.80 Å². The van der Waals surface area contributed by atoms with Crippen molar-refractivity contribution in [3.63, 3.8) is 0 Å². The van der Waals surface area contributed by atoms with Gasteiger partial charge in [0.25, 0.3) is 11.8 Å².